The van der Waals surface area contributed by atoms with Crippen LogP contribution in [-0.4, -0.2) is 17.4 Å². The van der Waals surface area contributed by atoms with Crippen LogP contribution in [-0.2, 0) is 10.5 Å². The van der Waals surface area contributed by atoms with Crippen molar-refractivity contribution in [1.29, 1.82) is 0 Å². The number of carbonyl (C=O) groups is 1. The second-order valence-corrected chi connectivity index (χ2v) is 6.54. The van der Waals surface area contributed by atoms with Crippen LogP contribution < -0.4 is 5.43 Å². The van der Waals surface area contributed by atoms with Crippen molar-refractivity contribution in [2.75, 3.05) is 0 Å². The van der Waals surface area contributed by atoms with E-state index in [9.17, 15) is 9.18 Å². The number of halogens is 2. The van der Waals surface area contributed by atoms with Gasteiger partial charge in [-0.1, -0.05) is 48.0 Å². The number of nitrogens with zero attached hydrogens (tertiary/aromatic N) is 1. The molecule has 0 aliphatic carbocycles. The van der Waals surface area contributed by atoms with Crippen LogP contribution >= 0.6 is 23.4 Å². The lowest BCUT2D eigenvalue weighted by molar-refractivity contribution is -0.120. The van der Waals surface area contributed by atoms with Crippen LogP contribution in [0.1, 0.15) is 18.1 Å². The van der Waals surface area contributed by atoms with E-state index in [4.69, 9.17) is 11.6 Å². The molecule has 2 aromatic rings. The molecule has 0 unspecified atom stereocenters. The fraction of sp³-hybridized carbons (Fsp3) is 0.176. The van der Waals surface area contributed by atoms with Gasteiger partial charge < -0.3 is 0 Å². The molecule has 2 rings (SSSR count). The summed E-state index contributed by atoms with van der Waals surface area (Å²) >= 11 is 7.38. The average molecular weight is 351 g/mol. The normalized spacial score (nSPS) is 12.3. The molecule has 0 aliphatic heterocycles. The molecule has 0 heterocycles. The summed E-state index contributed by atoms with van der Waals surface area (Å²) in [6, 6.07) is 14.3. The Kier molecular flexibility index (Phi) is 6.62. The Morgan fingerprint density at radius 1 is 1.30 bits per heavy atom. The molecule has 1 N–H and O–H groups in total. The highest BCUT2D eigenvalue weighted by Gasteiger charge is 2.12. The van der Waals surface area contributed by atoms with Crippen molar-refractivity contribution >= 4 is 35.5 Å². The third-order valence-corrected chi connectivity index (χ3v) is 4.62. The SMILES string of the molecule is C[C@@H](SCc1ccccc1)C(=O)N/N=C\c1c(F)cccc1Cl. The summed E-state index contributed by atoms with van der Waals surface area (Å²) in [6.07, 6.45) is 1.21. The number of amides is 1. The van der Waals surface area contributed by atoms with Gasteiger partial charge in [0, 0.05) is 11.3 Å². The number of hydrogen-bond acceptors (Lipinski definition) is 3. The van der Waals surface area contributed by atoms with Crippen LogP contribution in [0.4, 0.5) is 4.39 Å². The summed E-state index contributed by atoms with van der Waals surface area (Å²) in [6.45, 7) is 1.80. The monoisotopic (exact) mass is 350 g/mol. The van der Waals surface area contributed by atoms with Crippen LogP contribution in [0.3, 0.4) is 0 Å². The summed E-state index contributed by atoms with van der Waals surface area (Å²) in [7, 11) is 0. The molecule has 0 bridgehead atoms. The van der Waals surface area contributed by atoms with Crippen LogP contribution in [0.5, 0.6) is 0 Å². The highest BCUT2D eigenvalue weighted by Crippen LogP contribution is 2.18. The van der Waals surface area contributed by atoms with E-state index in [1.807, 2.05) is 30.3 Å². The first-order valence-corrected chi connectivity index (χ1v) is 8.43. The van der Waals surface area contributed by atoms with Crippen LogP contribution in [0, 0.1) is 5.82 Å². The summed E-state index contributed by atoms with van der Waals surface area (Å²) in [5.41, 5.74) is 3.71. The minimum atomic E-state index is -0.484. The van der Waals surface area contributed by atoms with Gasteiger partial charge in [-0.05, 0) is 24.6 Å². The molecule has 0 aromatic heterocycles. The number of benzene rings is 2. The lowest BCUT2D eigenvalue weighted by atomic mass is 10.2. The van der Waals surface area contributed by atoms with Crippen molar-refractivity contribution in [3.63, 3.8) is 0 Å². The Bertz CT molecular complexity index is 674. The standard InChI is InChI=1S/C17H16ClFN2OS/c1-12(23-11-13-6-3-2-4-7-13)17(22)21-20-10-14-15(18)8-5-9-16(14)19/h2-10,12H,11H2,1H3,(H,21,22)/b20-10-/t12-/m1/s1. The third kappa shape index (κ3) is 5.37. The van der Waals surface area contributed by atoms with Crippen molar-refractivity contribution in [3.05, 3.63) is 70.5 Å². The first-order valence-electron chi connectivity index (χ1n) is 7.00. The number of carbonyl (C=O) groups excluding carboxylic acids is 1. The molecular weight excluding hydrogens is 335 g/mol. The Labute approximate surface area is 143 Å². The predicted molar refractivity (Wildman–Crippen MR) is 94.3 cm³/mol. The van der Waals surface area contributed by atoms with Gasteiger partial charge in [0.15, 0.2) is 0 Å². The molecule has 1 atom stereocenters. The van der Waals surface area contributed by atoms with Crippen molar-refractivity contribution in [3.8, 4) is 0 Å². The summed E-state index contributed by atoms with van der Waals surface area (Å²) < 4.78 is 13.5. The molecule has 0 saturated heterocycles. The Hall–Kier alpha value is -1.85. The number of thioether (sulfide) groups is 1. The fourth-order valence-electron chi connectivity index (χ4n) is 1.76. The van der Waals surface area contributed by atoms with Crippen LogP contribution in [0.25, 0.3) is 0 Å². The van der Waals surface area contributed by atoms with Gasteiger partial charge >= 0.3 is 0 Å². The van der Waals surface area contributed by atoms with E-state index in [0.29, 0.717) is 0 Å². The minimum Gasteiger partial charge on any atom is -0.272 e. The van der Waals surface area contributed by atoms with Gasteiger partial charge in [0.05, 0.1) is 16.5 Å². The predicted octanol–water partition coefficient (Wildman–Crippen LogP) is 4.25. The number of hydrazone groups is 1. The van der Waals surface area contributed by atoms with Gasteiger partial charge in [-0.2, -0.15) is 5.10 Å². The van der Waals surface area contributed by atoms with Gasteiger partial charge in [0.2, 0.25) is 0 Å². The zero-order valence-electron chi connectivity index (χ0n) is 12.5. The molecule has 6 heteroatoms. The molecule has 1 amide bonds. The quantitative estimate of drug-likeness (QED) is 0.625. The third-order valence-electron chi connectivity index (χ3n) is 3.08. The van der Waals surface area contributed by atoms with Crippen molar-refractivity contribution in [2.24, 2.45) is 5.10 Å². The molecule has 0 spiro atoms. The number of rotatable bonds is 6. The maximum Gasteiger partial charge on any atom is 0.252 e. The van der Waals surface area contributed by atoms with Gasteiger partial charge in [0.1, 0.15) is 5.82 Å². The molecule has 120 valence electrons. The fourth-order valence-corrected chi connectivity index (χ4v) is 2.81. The van der Waals surface area contributed by atoms with Crippen LogP contribution in [0.2, 0.25) is 5.02 Å². The molecule has 0 fully saturated rings. The maximum absolute atomic E-state index is 13.5. The van der Waals surface area contributed by atoms with Crippen molar-refractivity contribution in [2.45, 2.75) is 17.9 Å². The molecule has 0 radical (unpaired) electrons. The van der Waals surface area contributed by atoms with Crippen molar-refractivity contribution in [1.82, 2.24) is 5.43 Å². The second kappa shape index (κ2) is 8.70. The minimum absolute atomic E-state index is 0.152. The van der Waals surface area contributed by atoms with E-state index >= 15 is 0 Å². The smallest absolute Gasteiger partial charge is 0.252 e. The Morgan fingerprint density at radius 2 is 2.04 bits per heavy atom. The summed E-state index contributed by atoms with van der Waals surface area (Å²) in [5.74, 6) is 0.00908. The first kappa shape index (κ1) is 17.5. The highest BCUT2D eigenvalue weighted by atomic mass is 35.5. The first-order chi connectivity index (χ1) is 11.1. The summed E-state index contributed by atoms with van der Waals surface area (Å²) in [5, 5.41) is 3.75. The second-order valence-electron chi connectivity index (χ2n) is 4.81. The zero-order valence-corrected chi connectivity index (χ0v) is 14.1. The van der Waals surface area contributed by atoms with E-state index in [-0.39, 0.29) is 21.7 Å². The maximum atomic E-state index is 13.5. The molecule has 0 aliphatic rings. The van der Waals surface area contributed by atoms with E-state index < -0.39 is 5.82 Å². The topological polar surface area (TPSA) is 41.5 Å². The molecule has 0 saturated carbocycles. The number of nitrogens with one attached hydrogen (secondary N) is 1. The Balaban J connectivity index is 1.85. The average Bonchev–Trinajstić information content (AvgIpc) is 2.56. The van der Waals surface area contributed by atoms with Crippen LogP contribution in [0.15, 0.2) is 53.6 Å². The lowest BCUT2D eigenvalue weighted by Gasteiger charge is -2.09. The van der Waals surface area contributed by atoms with Gasteiger partial charge in [-0.3, -0.25) is 4.79 Å². The Morgan fingerprint density at radius 3 is 2.74 bits per heavy atom. The van der Waals surface area contributed by atoms with Gasteiger partial charge in [-0.25, -0.2) is 9.82 Å². The number of hydrogen-bond donors (Lipinski definition) is 1. The summed E-state index contributed by atoms with van der Waals surface area (Å²) in [4.78, 5) is 12.0. The highest BCUT2D eigenvalue weighted by molar-refractivity contribution is 7.99. The van der Waals surface area contributed by atoms with E-state index in [1.165, 1.54) is 30.1 Å². The van der Waals surface area contributed by atoms with E-state index in [2.05, 4.69) is 10.5 Å². The van der Waals surface area contributed by atoms with Gasteiger partial charge in [-0.15, -0.1) is 11.8 Å². The molecular formula is C17H16ClFN2OS. The van der Waals surface area contributed by atoms with E-state index in [0.717, 1.165) is 11.3 Å². The lowest BCUT2D eigenvalue weighted by Crippen LogP contribution is -2.27. The van der Waals surface area contributed by atoms with E-state index in [1.54, 1.807) is 13.0 Å². The zero-order chi connectivity index (χ0) is 16.7. The molecule has 23 heavy (non-hydrogen) atoms. The largest absolute Gasteiger partial charge is 0.272 e. The molecule has 3 nitrogen and oxygen atoms in total. The van der Waals surface area contributed by atoms with Gasteiger partial charge in [0.25, 0.3) is 5.91 Å². The molecule has 2 aromatic carbocycles. The van der Waals surface area contributed by atoms with Crippen molar-refractivity contribution < 1.29 is 9.18 Å².